The molecule has 2 aliphatic rings. The van der Waals surface area contributed by atoms with E-state index in [1.165, 1.54) is 6.07 Å². The predicted molar refractivity (Wildman–Crippen MR) is 67.3 cm³/mol. The summed E-state index contributed by atoms with van der Waals surface area (Å²) in [5.41, 5.74) is 1.02. The fraction of sp³-hybridized carbons (Fsp3) is 0.600. The van der Waals surface area contributed by atoms with Crippen molar-refractivity contribution < 1.29 is 18.3 Å². The zero-order valence-electron chi connectivity index (χ0n) is 11.2. The van der Waals surface area contributed by atoms with Crippen LogP contribution in [0.25, 0.3) is 0 Å². The number of ether oxygens (including phenoxy) is 2. The van der Waals surface area contributed by atoms with Crippen molar-refractivity contribution in [2.45, 2.75) is 38.7 Å². The molecule has 0 N–H and O–H groups in total. The highest BCUT2D eigenvalue weighted by Gasteiger charge is 2.51. The van der Waals surface area contributed by atoms with Gasteiger partial charge in [0.15, 0.2) is 11.6 Å². The average Bonchev–Trinajstić information content (AvgIpc) is 2.25. The first kappa shape index (κ1) is 12.9. The minimum absolute atomic E-state index is 0.0137. The van der Waals surface area contributed by atoms with Crippen molar-refractivity contribution in [3.63, 3.8) is 0 Å². The quantitative estimate of drug-likeness (QED) is 0.833. The van der Waals surface area contributed by atoms with Gasteiger partial charge in [-0.1, -0.05) is 13.8 Å². The Balaban J connectivity index is 1.73. The predicted octanol–water partition coefficient (Wildman–Crippen LogP) is 3.65. The topological polar surface area (TPSA) is 18.5 Å². The summed E-state index contributed by atoms with van der Waals surface area (Å²) in [6.45, 7) is 5.44. The Hall–Kier alpha value is -1.16. The van der Waals surface area contributed by atoms with Crippen LogP contribution in [0.15, 0.2) is 12.1 Å². The lowest BCUT2D eigenvalue weighted by atomic mass is 9.65. The molecule has 0 bridgehead atoms. The zero-order chi connectivity index (χ0) is 13.6. The number of rotatable bonds is 3. The largest absolute Gasteiger partial charge is 0.487 e. The fourth-order valence-corrected chi connectivity index (χ4v) is 2.80. The first-order valence-electron chi connectivity index (χ1n) is 6.72. The molecule has 1 saturated carbocycles. The summed E-state index contributed by atoms with van der Waals surface area (Å²) in [5, 5.41) is 0. The minimum Gasteiger partial charge on any atom is -0.487 e. The maximum atomic E-state index is 13.7. The van der Waals surface area contributed by atoms with Gasteiger partial charge in [-0.05, 0) is 36.5 Å². The standard InChI is InChI=1S/C15H18F2O2/c1-9(2)10-3-12(16)14(17)13(4-10)19-11-5-15(6-11)7-18-8-15/h3-4,9,11H,5-8H2,1-2H3. The Morgan fingerprint density at radius 2 is 1.95 bits per heavy atom. The maximum Gasteiger partial charge on any atom is 0.200 e. The molecule has 0 atom stereocenters. The molecule has 0 unspecified atom stereocenters. The molecule has 1 aliphatic carbocycles. The van der Waals surface area contributed by atoms with Crippen LogP contribution in [0, 0.1) is 17.0 Å². The summed E-state index contributed by atoms with van der Waals surface area (Å²) in [6, 6.07) is 2.86. The van der Waals surface area contributed by atoms with Crippen LogP contribution in [0.2, 0.25) is 0 Å². The Bertz CT molecular complexity index is 487. The molecule has 0 radical (unpaired) electrons. The van der Waals surface area contributed by atoms with Crippen molar-refractivity contribution in [3.05, 3.63) is 29.3 Å². The molecule has 1 saturated heterocycles. The van der Waals surface area contributed by atoms with E-state index in [0.717, 1.165) is 31.6 Å². The van der Waals surface area contributed by atoms with E-state index >= 15 is 0 Å². The second-order valence-corrected chi connectivity index (χ2v) is 6.11. The monoisotopic (exact) mass is 268 g/mol. The minimum atomic E-state index is -0.879. The SMILES string of the molecule is CC(C)c1cc(F)c(F)c(OC2CC3(COC3)C2)c1. The van der Waals surface area contributed by atoms with Gasteiger partial charge < -0.3 is 9.47 Å². The van der Waals surface area contributed by atoms with E-state index in [-0.39, 0.29) is 23.2 Å². The summed E-state index contributed by atoms with van der Waals surface area (Å²) in [4.78, 5) is 0. The third-order valence-corrected chi connectivity index (χ3v) is 4.12. The highest BCUT2D eigenvalue weighted by molar-refractivity contribution is 5.33. The van der Waals surface area contributed by atoms with E-state index in [1.54, 1.807) is 6.07 Å². The van der Waals surface area contributed by atoms with Gasteiger partial charge in [0.25, 0.3) is 0 Å². The summed E-state index contributed by atoms with van der Waals surface area (Å²) in [6.07, 6.45) is 1.74. The first-order valence-corrected chi connectivity index (χ1v) is 6.72. The van der Waals surface area contributed by atoms with Gasteiger partial charge >= 0.3 is 0 Å². The molecule has 3 rings (SSSR count). The smallest absolute Gasteiger partial charge is 0.200 e. The summed E-state index contributed by atoms with van der Waals surface area (Å²) in [7, 11) is 0. The van der Waals surface area contributed by atoms with Crippen molar-refractivity contribution in [1.82, 2.24) is 0 Å². The molecule has 2 nitrogen and oxygen atoms in total. The van der Waals surface area contributed by atoms with Crippen LogP contribution < -0.4 is 4.74 Å². The molecule has 0 amide bonds. The highest BCUT2D eigenvalue weighted by atomic mass is 19.2. The lowest BCUT2D eigenvalue weighted by Gasteiger charge is -2.52. The van der Waals surface area contributed by atoms with Gasteiger partial charge in [0, 0.05) is 5.41 Å². The molecule has 1 spiro atoms. The van der Waals surface area contributed by atoms with Gasteiger partial charge in [-0.2, -0.15) is 4.39 Å². The summed E-state index contributed by atoms with van der Waals surface area (Å²) >= 11 is 0. The van der Waals surface area contributed by atoms with E-state index in [0.29, 0.717) is 0 Å². The summed E-state index contributed by atoms with van der Waals surface area (Å²) in [5.74, 6) is -1.52. The second kappa shape index (κ2) is 4.44. The fourth-order valence-electron chi connectivity index (χ4n) is 2.80. The van der Waals surface area contributed by atoms with Gasteiger partial charge in [0.05, 0.1) is 13.2 Å². The molecule has 1 heterocycles. The van der Waals surface area contributed by atoms with Crippen molar-refractivity contribution in [2.75, 3.05) is 13.2 Å². The van der Waals surface area contributed by atoms with E-state index in [1.807, 2.05) is 13.8 Å². The van der Waals surface area contributed by atoms with Crippen LogP contribution in [-0.4, -0.2) is 19.3 Å². The van der Waals surface area contributed by atoms with Crippen molar-refractivity contribution >= 4 is 0 Å². The molecule has 104 valence electrons. The van der Waals surface area contributed by atoms with Crippen molar-refractivity contribution in [3.8, 4) is 5.75 Å². The van der Waals surface area contributed by atoms with Crippen molar-refractivity contribution in [1.29, 1.82) is 0 Å². The molecule has 4 heteroatoms. The van der Waals surface area contributed by atoms with E-state index in [2.05, 4.69) is 0 Å². The van der Waals surface area contributed by atoms with Gasteiger partial charge in [-0.15, -0.1) is 0 Å². The van der Waals surface area contributed by atoms with Gasteiger partial charge in [-0.3, -0.25) is 0 Å². The normalized spacial score (nSPS) is 21.3. The Morgan fingerprint density at radius 3 is 2.47 bits per heavy atom. The average molecular weight is 268 g/mol. The van der Waals surface area contributed by atoms with Crippen LogP contribution in [0.1, 0.15) is 38.2 Å². The van der Waals surface area contributed by atoms with Gasteiger partial charge in [0.2, 0.25) is 5.82 Å². The van der Waals surface area contributed by atoms with E-state index in [4.69, 9.17) is 9.47 Å². The number of hydrogen-bond acceptors (Lipinski definition) is 2. The molecule has 0 aromatic heterocycles. The second-order valence-electron chi connectivity index (χ2n) is 6.11. The summed E-state index contributed by atoms with van der Waals surface area (Å²) < 4.78 is 38.1. The molecule has 1 aromatic carbocycles. The van der Waals surface area contributed by atoms with Crippen LogP contribution in [0.3, 0.4) is 0 Å². The molecular weight excluding hydrogens is 250 g/mol. The molecule has 1 aliphatic heterocycles. The Morgan fingerprint density at radius 1 is 1.26 bits per heavy atom. The van der Waals surface area contributed by atoms with E-state index in [9.17, 15) is 8.78 Å². The molecule has 1 aromatic rings. The first-order chi connectivity index (χ1) is 8.99. The van der Waals surface area contributed by atoms with E-state index < -0.39 is 11.6 Å². The highest BCUT2D eigenvalue weighted by Crippen LogP contribution is 2.48. The van der Waals surface area contributed by atoms with Crippen LogP contribution >= 0.6 is 0 Å². The molecule has 19 heavy (non-hydrogen) atoms. The Labute approximate surface area is 111 Å². The number of hydrogen-bond donors (Lipinski definition) is 0. The van der Waals surface area contributed by atoms with Gasteiger partial charge in [-0.25, -0.2) is 4.39 Å². The number of halogens is 2. The molecular formula is C15H18F2O2. The van der Waals surface area contributed by atoms with Gasteiger partial charge in [0.1, 0.15) is 6.10 Å². The lowest BCUT2D eigenvalue weighted by molar-refractivity contribution is -0.191. The third-order valence-electron chi connectivity index (χ3n) is 4.12. The molecule has 2 fully saturated rings. The maximum absolute atomic E-state index is 13.7. The zero-order valence-corrected chi connectivity index (χ0v) is 11.2. The van der Waals surface area contributed by atoms with Crippen molar-refractivity contribution in [2.24, 2.45) is 5.41 Å². The number of benzene rings is 1. The third kappa shape index (κ3) is 2.22. The van der Waals surface area contributed by atoms with Crippen LogP contribution in [0.5, 0.6) is 5.75 Å². The van der Waals surface area contributed by atoms with Crippen LogP contribution in [0.4, 0.5) is 8.78 Å². The lowest BCUT2D eigenvalue weighted by Crippen LogP contribution is -2.56. The van der Waals surface area contributed by atoms with Crippen LogP contribution in [-0.2, 0) is 4.74 Å². The Kier molecular flexibility index (Phi) is 3.01.